The van der Waals surface area contributed by atoms with E-state index in [9.17, 15) is 9.18 Å². The highest BCUT2D eigenvalue weighted by Crippen LogP contribution is 2.26. The molecule has 3 aromatic rings. The molecule has 0 aliphatic heterocycles. The van der Waals surface area contributed by atoms with E-state index in [-0.39, 0.29) is 16.3 Å². The summed E-state index contributed by atoms with van der Waals surface area (Å²) in [6, 6.07) is 13.9. The van der Waals surface area contributed by atoms with Crippen molar-refractivity contribution in [2.75, 3.05) is 0 Å². The molecule has 0 aliphatic rings. The number of rotatable bonds is 2. The van der Waals surface area contributed by atoms with Crippen molar-refractivity contribution < 1.29 is 4.39 Å². The van der Waals surface area contributed by atoms with Crippen LogP contribution in [-0.4, -0.2) is 4.98 Å². The molecule has 0 saturated carbocycles. The number of aromatic amines is 1. The molecule has 0 fully saturated rings. The third kappa shape index (κ3) is 2.92. The van der Waals surface area contributed by atoms with Gasteiger partial charge in [-0.1, -0.05) is 48.0 Å². The lowest BCUT2D eigenvalue weighted by molar-refractivity contribution is 0.628. The zero-order chi connectivity index (χ0) is 16.6. The average Bonchev–Trinajstić information content (AvgIpc) is 2.54. The lowest BCUT2D eigenvalue weighted by Gasteiger charge is -2.09. The second kappa shape index (κ2) is 6.01. The van der Waals surface area contributed by atoms with Gasteiger partial charge in [-0.25, -0.2) is 4.39 Å². The van der Waals surface area contributed by atoms with Crippen molar-refractivity contribution >= 4 is 11.6 Å². The summed E-state index contributed by atoms with van der Waals surface area (Å²) in [4.78, 5) is 15.5. The third-order valence-electron chi connectivity index (χ3n) is 3.86. The zero-order valence-electron chi connectivity index (χ0n) is 12.8. The summed E-state index contributed by atoms with van der Waals surface area (Å²) >= 11 is 6.07. The van der Waals surface area contributed by atoms with E-state index in [0.29, 0.717) is 11.3 Å². The summed E-state index contributed by atoms with van der Waals surface area (Å²) in [6.45, 7) is 3.63. The standard InChI is InChI=1S/C19H15ClFNO/c1-11-17(19(23)18(20)12(2)22-11)15-5-3-13(4-6-15)14-7-9-16(21)10-8-14/h3-10H,1-2H3,(H,22,23). The number of halogens is 2. The number of hydrogen-bond donors (Lipinski definition) is 1. The molecular weight excluding hydrogens is 313 g/mol. The maximum Gasteiger partial charge on any atom is 0.208 e. The van der Waals surface area contributed by atoms with Crippen LogP contribution in [0.1, 0.15) is 11.4 Å². The van der Waals surface area contributed by atoms with Gasteiger partial charge in [0, 0.05) is 17.0 Å². The van der Waals surface area contributed by atoms with Crippen molar-refractivity contribution in [2.45, 2.75) is 13.8 Å². The lowest BCUT2D eigenvalue weighted by Crippen LogP contribution is -2.11. The number of aryl methyl sites for hydroxylation is 2. The van der Waals surface area contributed by atoms with Gasteiger partial charge in [0.1, 0.15) is 10.8 Å². The highest BCUT2D eigenvalue weighted by molar-refractivity contribution is 6.31. The first kappa shape index (κ1) is 15.5. The summed E-state index contributed by atoms with van der Waals surface area (Å²) < 4.78 is 13.0. The van der Waals surface area contributed by atoms with Crippen LogP contribution in [0.4, 0.5) is 4.39 Å². The van der Waals surface area contributed by atoms with Crippen molar-refractivity contribution in [3.63, 3.8) is 0 Å². The first-order chi connectivity index (χ1) is 11.0. The molecule has 0 unspecified atom stereocenters. The van der Waals surface area contributed by atoms with Crippen molar-refractivity contribution in [2.24, 2.45) is 0 Å². The maximum absolute atomic E-state index is 13.0. The van der Waals surface area contributed by atoms with Gasteiger partial charge in [0.25, 0.3) is 0 Å². The van der Waals surface area contributed by atoms with Gasteiger partial charge >= 0.3 is 0 Å². The molecule has 0 aliphatic carbocycles. The minimum atomic E-state index is -0.262. The topological polar surface area (TPSA) is 32.9 Å². The number of pyridine rings is 1. The molecule has 1 aromatic heterocycles. The van der Waals surface area contributed by atoms with E-state index in [1.165, 1.54) is 12.1 Å². The van der Waals surface area contributed by atoms with Gasteiger partial charge < -0.3 is 4.98 Å². The van der Waals surface area contributed by atoms with Crippen LogP contribution in [0.2, 0.25) is 5.02 Å². The highest BCUT2D eigenvalue weighted by Gasteiger charge is 2.13. The van der Waals surface area contributed by atoms with Gasteiger partial charge in [-0.3, -0.25) is 4.79 Å². The minimum absolute atomic E-state index is 0.171. The van der Waals surface area contributed by atoms with Gasteiger partial charge in [-0.05, 0) is 42.7 Å². The molecule has 4 heteroatoms. The summed E-state index contributed by atoms with van der Waals surface area (Å²) in [7, 11) is 0. The van der Waals surface area contributed by atoms with Crippen molar-refractivity contribution in [3.8, 4) is 22.3 Å². The largest absolute Gasteiger partial charge is 0.361 e. The SMILES string of the molecule is Cc1[nH]c(C)c(-c2ccc(-c3ccc(F)cc3)cc2)c(=O)c1Cl. The molecule has 0 spiro atoms. The number of aromatic nitrogens is 1. The molecule has 0 saturated heterocycles. The van der Waals surface area contributed by atoms with Gasteiger partial charge in [-0.2, -0.15) is 0 Å². The molecule has 1 N–H and O–H groups in total. The number of nitrogens with one attached hydrogen (secondary N) is 1. The van der Waals surface area contributed by atoms with Crippen molar-refractivity contribution in [1.82, 2.24) is 4.98 Å². The Kier molecular flexibility index (Phi) is 4.05. The molecular formula is C19H15ClFNO. The third-order valence-corrected chi connectivity index (χ3v) is 4.31. The molecule has 2 nitrogen and oxygen atoms in total. The second-order valence-electron chi connectivity index (χ2n) is 5.48. The maximum atomic E-state index is 13.0. The quantitative estimate of drug-likeness (QED) is 0.696. The molecule has 0 bridgehead atoms. The van der Waals surface area contributed by atoms with Gasteiger partial charge in [0.2, 0.25) is 5.43 Å². The van der Waals surface area contributed by atoms with Gasteiger partial charge in [0.15, 0.2) is 0 Å². The molecule has 116 valence electrons. The van der Waals surface area contributed by atoms with Crippen LogP contribution in [0.5, 0.6) is 0 Å². The Hall–Kier alpha value is -2.39. The van der Waals surface area contributed by atoms with E-state index >= 15 is 0 Å². The van der Waals surface area contributed by atoms with Crippen LogP contribution in [0, 0.1) is 19.7 Å². The van der Waals surface area contributed by atoms with E-state index < -0.39 is 0 Å². The van der Waals surface area contributed by atoms with E-state index in [4.69, 9.17) is 11.6 Å². The molecule has 1 heterocycles. The van der Waals surface area contributed by atoms with Crippen molar-refractivity contribution in [3.05, 3.63) is 81.0 Å². The van der Waals surface area contributed by atoms with Gasteiger partial charge in [0.05, 0.1) is 0 Å². The number of benzene rings is 2. The van der Waals surface area contributed by atoms with E-state index in [2.05, 4.69) is 4.98 Å². The number of H-pyrrole nitrogens is 1. The Morgan fingerprint density at radius 2 is 1.30 bits per heavy atom. The zero-order valence-corrected chi connectivity index (χ0v) is 13.5. The molecule has 0 amide bonds. The van der Waals surface area contributed by atoms with Crippen LogP contribution < -0.4 is 5.43 Å². The highest BCUT2D eigenvalue weighted by atomic mass is 35.5. The summed E-state index contributed by atoms with van der Waals surface area (Å²) in [6.07, 6.45) is 0. The van der Waals surface area contributed by atoms with Crippen LogP contribution in [0.25, 0.3) is 22.3 Å². The first-order valence-corrected chi connectivity index (χ1v) is 7.60. The van der Waals surface area contributed by atoms with Crippen LogP contribution in [0.15, 0.2) is 53.3 Å². The van der Waals surface area contributed by atoms with Crippen LogP contribution >= 0.6 is 11.6 Å². The molecule has 2 aromatic carbocycles. The molecule has 23 heavy (non-hydrogen) atoms. The van der Waals surface area contributed by atoms with E-state index in [1.807, 2.05) is 31.2 Å². The monoisotopic (exact) mass is 327 g/mol. The Bertz CT molecular complexity index is 912. The Morgan fingerprint density at radius 3 is 1.87 bits per heavy atom. The lowest BCUT2D eigenvalue weighted by atomic mass is 9.99. The Balaban J connectivity index is 2.05. The van der Waals surface area contributed by atoms with E-state index in [1.54, 1.807) is 19.1 Å². The number of hydrogen-bond acceptors (Lipinski definition) is 1. The normalized spacial score (nSPS) is 10.8. The van der Waals surface area contributed by atoms with Crippen LogP contribution in [0.3, 0.4) is 0 Å². The van der Waals surface area contributed by atoms with Gasteiger partial charge in [-0.15, -0.1) is 0 Å². The molecule has 3 rings (SSSR count). The van der Waals surface area contributed by atoms with E-state index in [0.717, 1.165) is 22.4 Å². The average molecular weight is 328 g/mol. The first-order valence-electron chi connectivity index (χ1n) is 7.22. The second-order valence-corrected chi connectivity index (χ2v) is 5.86. The van der Waals surface area contributed by atoms with Crippen molar-refractivity contribution in [1.29, 1.82) is 0 Å². The summed E-state index contributed by atoms with van der Waals surface area (Å²) in [5.74, 6) is -0.262. The molecule has 0 atom stereocenters. The Morgan fingerprint density at radius 1 is 0.826 bits per heavy atom. The summed E-state index contributed by atoms with van der Waals surface area (Å²) in [5.41, 5.74) is 4.54. The smallest absolute Gasteiger partial charge is 0.208 e. The fourth-order valence-electron chi connectivity index (χ4n) is 2.67. The summed E-state index contributed by atoms with van der Waals surface area (Å²) in [5, 5.41) is 0.216. The predicted molar refractivity (Wildman–Crippen MR) is 92.4 cm³/mol. The fraction of sp³-hybridized carbons (Fsp3) is 0.105. The minimum Gasteiger partial charge on any atom is -0.361 e. The Labute approximate surface area is 138 Å². The fourth-order valence-corrected chi connectivity index (χ4v) is 2.81. The molecule has 0 radical (unpaired) electrons. The van der Waals surface area contributed by atoms with Crippen LogP contribution in [-0.2, 0) is 0 Å². The predicted octanol–water partition coefficient (Wildman–Crippen LogP) is 5.12.